The van der Waals surface area contributed by atoms with Gasteiger partial charge in [-0.05, 0) is 24.3 Å². The predicted molar refractivity (Wildman–Crippen MR) is 73.4 cm³/mol. The standard InChI is InChI=1S/C11H19N3O3S/c1-3-4-7-18-8-5-6-14-10(16)12-9(15)13(2)11(14)17/h3-8H2,1-2H3,(H,12,15,16). The van der Waals surface area contributed by atoms with Gasteiger partial charge in [0.05, 0.1) is 0 Å². The van der Waals surface area contributed by atoms with Crippen LogP contribution in [0.25, 0.3) is 0 Å². The lowest BCUT2D eigenvalue weighted by molar-refractivity contribution is 0.544. The van der Waals surface area contributed by atoms with Gasteiger partial charge in [-0.15, -0.1) is 0 Å². The largest absolute Gasteiger partial charge is 0.336 e. The molecule has 0 aromatic carbocycles. The molecule has 0 saturated heterocycles. The number of hydrogen-bond donors (Lipinski definition) is 1. The molecule has 0 fully saturated rings. The lowest BCUT2D eigenvalue weighted by Gasteiger charge is -2.05. The minimum absolute atomic E-state index is 0.349. The molecule has 1 N–H and O–H groups in total. The number of thioether (sulfide) groups is 1. The van der Waals surface area contributed by atoms with Crippen LogP contribution in [0.1, 0.15) is 26.2 Å². The highest BCUT2D eigenvalue weighted by Crippen LogP contribution is 2.05. The first-order chi connectivity index (χ1) is 8.57. The topological polar surface area (TPSA) is 76.9 Å². The van der Waals surface area contributed by atoms with E-state index < -0.39 is 17.1 Å². The zero-order valence-electron chi connectivity index (χ0n) is 10.8. The van der Waals surface area contributed by atoms with E-state index >= 15 is 0 Å². The van der Waals surface area contributed by atoms with E-state index in [2.05, 4.69) is 11.9 Å². The summed E-state index contributed by atoms with van der Waals surface area (Å²) in [5.41, 5.74) is -1.84. The first-order valence-corrected chi connectivity index (χ1v) is 7.21. The molecule has 0 aliphatic carbocycles. The summed E-state index contributed by atoms with van der Waals surface area (Å²) in [7, 11) is 1.35. The molecule has 1 heterocycles. The Hall–Kier alpha value is -1.24. The van der Waals surface area contributed by atoms with Crippen molar-refractivity contribution in [2.75, 3.05) is 11.5 Å². The third-order valence-electron chi connectivity index (χ3n) is 2.59. The number of H-pyrrole nitrogens is 1. The monoisotopic (exact) mass is 273 g/mol. The number of rotatable bonds is 7. The Morgan fingerprint density at radius 2 is 1.78 bits per heavy atom. The maximum atomic E-state index is 11.7. The van der Waals surface area contributed by atoms with E-state index in [4.69, 9.17) is 0 Å². The number of hydrogen-bond acceptors (Lipinski definition) is 4. The Bertz CT molecular complexity index is 544. The number of nitrogens with zero attached hydrogens (tertiary/aromatic N) is 2. The van der Waals surface area contributed by atoms with E-state index in [-0.39, 0.29) is 0 Å². The van der Waals surface area contributed by atoms with Crippen molar-refractivity contribution < 1.29 is 0 Å². The third kappa shape index (κ3) is 3.90. The zero-order valence-corrected chi connectivity index (χ0v) is 11.6. The van der Waals surface area contributed by atoms with Crippen LogP contribution in [-0.2, 0) is 13.6 Å². The molecule has 0 bridgehead atoms. The number of aromatic amines is 1. The SMILES string of the molecule is CCCCSCCCn1c(=O)[nH]c(=O)n(C)c1=O. The molecule has 18 heavy (non-hydrogen) atoms. The van der Waals surface area contributed by atoms with Crippen molar-refractivity contribution in [3.05, 3.63) is 31.5 Å². The van der Waals surface area contributed by atoms with Crippen LogP contribution in [-0.4, -0.2) is 25.6 Å². The number of unbranched alkanes of at least 4 members (excludes halogenated alkanes) is 1. The van der Waals surface area contributed by atoms with Gasteiger partial charge in [0.1, 0.15) is 0 Å². The second-order valence-electron chi connectivity index (χ2n) is 4.05. The van der Waals surface area contributed by atoms with E-state index in [1.54, 1.807) is 0 Å². The quantitative estimate of drug-likeness (QED) is 0.718. The molecule has 0 unspecified atom stereocenters. The Balaban J connectivity index is 2.58. The summed E-state index contributed by atoms with van der Waals surface area (Å²) >= 11 is 1.82. The van der Waals surface area contributed by atoms with Crippen LogP contribution in [0.5, 0.6) is 0 Å². The van der Waals surface area contributed by atoms with Crippen molar-refractivity contribution in [2.45, 2.75) is 32.7 Å². The molecule has 0 amide bonds. The van der Waals surface area contributed by atoms with Gasteiger partial charge in [0, 0.05) is 13.6 Å². The van der Waals surface area contributed by atoms with E-state index in [1.165, 1.54) is 19.9 Å². The minimum atomic E-state index is -0.668. The Kier molecular flexibility index (Phi) is 5.97. The molecule has 0 radical (unpaired) electrons. The lowest BCUT2D eigenvalue weighted by Crippen LogP contribution is -2.48. The zero-order chi connectivity index (χ0) is 13.5. The van der Waals surface area contributed by atoms with Crippen molar-refractivity contribution in [3.8, 4) is 0 Å². The van der Waals surface area contributed by atoms with Crippen LogP contribution in [0.4, 0.5) is 0 Å². The number of aromatic nitrogens is 3. The van der Waals surface area contributed by atoms with Gasteiger partial charge in [-0.2, -0.15) is 11.8 Å². The Morgan fingerprint density at radius 1 is 1.11 bits per heavy atom. The summed E-state index contributed by atoms with van der Waals surface area (Å²) in [5, 5.41) is 0. The van der Waals surface area contributed by atoms with E-state index in [1.807, 2.05) is 11.8 Å². The molecule has 0 saturated carbocycles. The van der Waals surface area contributed by atoms with Gasteiger partial charge < -0.3 is 0 Å². The molecule has 0 spiro atoms. The molecule has 102 valence electrons. The molecular weight excluding hydrogens is 254 g/mol. The first kappa shape index (κ1) is 14.8. The van der Waals surface area contributed by atoms with Crippen LogP contribution in [0.3, 0.4) is 0 Å². The summed E-state index contributed by atoms with van der Waals surface area (Å²) < 4.78 is 1.98. The van der Waals surface area contributed by atoms with E-state index in [0.29, 0.717) is 6.54 Å². The second-order valence-corrected chi connectivity index (χ2v) is 5.27. The van der Waals surface area contributed by atoms with Crippen molar-refractivity contribution in [2.24, 2.45) is 7.05 Å². The maximum absolute atomic E-state index is 11.7. The molecule has 1 aromatic rings. The minimum Gasteiger partial charge on any atom is -0.259 e. The molecule has 0 aliphatic heterocycles. The van der Waals surface area contributed by atoms with Crippen molar-refractivity contribution >= 4 is 11.8 Å². The Morgan fingerprint density at radius 3 is 2.44 bits per heavy atom. The fourth-order valence-corrected chi connectivity index (χ4v) is 2.50. The van der Waals surface area contributed by atoms with Gasteiger partial charge >= 0.3 is 17.1 Å². The van der Waals surface area contributed by atoms with Crippen molar-refractivity contribution in [1.82, 2.24) is 14.1 Å². The van der Waals surface area contributed by atoms with Gasteiger partial charge in [-0.1, -0.05) is 13.3 Å². The van der Waals surface area contributed by atoms with Crippen LogP contribution < -0.4 is 17.1 Å². The maximum Gasteiger partial charge on any atom is 0.336 e. The van der Waals surface area contributed by atoms with Gasteiger partial charge in [-0.25, -0.2) is 23.5 Å². The van der Waals surface area contributed by atoms with Crippen LogP contribution in [0, 0.1) is 0 Å². The molecule has 6 nitrogen and oxygen atoms in total. The molecule has 1 aromatic heterocycles. The lowest BCUT2D eigenvalue weighted by atomic mass is 10.4. The normalized spacial score (nSPS) is 10.8. The van der Waals surface area contributed by atoms with Crippen molar-refractivity contribution in [1.29, 1.82) is 0 Å². The molecule has 1 rings (SSSR count). The van der Waals surface area contributed by atoms with Crippen LogP contribution >= 0.6 is 11.8 Å². The summed E-state index contributed by atoms with van der Waals surface area (Å²) in [6.07, 6.45) is 3.10. The molecule has 0 aliphatic rings. The second kappa shape index (κ2) is 7.25. The summed E-state index contributed by atoms with van der Waals surface area (Å²) in [6, 6.07) is 0. The van der Waals surface area contributed by atoms with E-state index in [9.17, 15) is 14.4 Å². The highest BCUT2D eigenvalue weighted by atomic mass is 32.2. The molecular formula is C11H19N3O3S. The summed E-state index contributed by atoms with van der Waals surface area (Å²) in [6.45, 7) is 2.49. The average molecular weight is 273 g/mol. The summed E-state index contributed by atoms with van der Waals surface area (Å²) in [5.74, 6) is 2.02. The average Bonchev–Trinajstić information content (AvgIpc) is 2.34. The van der Waals surface area contributed by atoms with Crippen LogP contribution in [0.2, 0.25) is 0 Å². The molecule has 0 atom stereocenters. The highest BCUT2D eigenvalue weighted by molar-refractivity contribution is 7.99. The predicted octanol–water partition coefficient (Wildman–Crippen LogP) is 0.159. The number of nitrogens with one attached hydrogen (secondary N) is 1. The van der Waals surface area contributed by atoms with E-state index in [0.717, 1.165) is 27.1 Å². The fraction of sp³-hybridized carbons (Fsp3) is 0.727. The third-order valence-corrected chi connectivity index (χ3v) is 3.75. The van der Waals surface area contributed by atoms with Crippen LogP contribution in [0.15, 0.2) is 14.4 Å². The van der Waals surface area contributed by atoms with Gasteiger partial charge in [0.2, 0.25) is 0 Å². The van der Waals surface area contributed by atoms with Crippen molar-refractivity contribution in [3.63, 3.8) is 0 Å². The highest BCUT2D eigenvalue weighted by Gasteiger charge is 2.05. The smallest absolute Gasteiger partial charge is 0.259 e. The Labute approximate surface area is 109 Å². The first-order valence-electron chi connectivity index (χ1n) is 6.05. The van der Waals surface area contributed by atoms with Gasteiger partial charge in [0.25, 0.3) is 0 Å². The fourth-order valence-electron chi connectivity index (χ4n) is 1.47. The van der Waals surface area contributed by atoms with Gasteiger partial charge in [0.15, 0.2) is 0 Å². The summed E-state index contributed by atoms with van der Waals surface area (Å²) in [4.78, 5) is 36.4. The van der Waals surface area contributed by atoms with Gasteiger partial charge in [-0.3, -0.25) is 4.98 Å². The molecule has 7 heteroatoms.